The molecule has 2 aliphatic heterocycles. The van der Waals surface area contributed by atoms with E-state index in [1.54, 1.807) is 6.26 Å². The predicted octanol–water partition coefficient (Wildman–Crippen LogP) is 3.11. The third kappa shape index (κ3) is 4.32. The Morgan fingerprint density at radius 3 is 2.67 bits per heavy atom. The smallest absolute Gasteiger partial charge is 0.193 e. The second kappa shape index (κ2) is 8.56. The van der Waals surface area contributed by atoms with Crippen molar-refractivity contribution in [1.82, 2.24) is 15.1 Å². The highest BCUT2D eigenvalue weighted by atomic mass is 16.3. The van der Waals surface area contributed by atoms with Gasteiger partial charge in [0.15, 0.2) is 5.96 Å². The Kier molecular flexibility index (Phi) is 6.18. The molecule has 0 amide bonds. The van der Waals surface area contributed by atoms with Crippen molar-refractivity contribution in [2.75, 3.05) is 39.3 Å². The van der Waals surface area contributed by atoms with E-state index in [0.717, 1.165) is 56.9 Å². The fourth-order valence-corrected chi connectivity index (χ4v) is 3.74. The maximum absolute atomic E-state index is 5.71. The maximum atomic E-state index is 5.71. The van der Waals surface area contributed by atoms with Crippen LogP contribution in [0.15, 0.2) is 27.8 Å². The summed E-state index contributed by atoms with van der Waals surface area (Å²) < 4.78 is 5.71. The first-order valence-corrected chi connectivity index (χ1v) is 9.58. The summed E-state index contributed by atoms with van der Waals surface area (Å²) >= 11 is 0. The van der Waals surface area contributed by atoms with E-state index in [1.807, 2.05) is 6.07 Å². The molecule has 2 aliphatic rings. The van der Waals surface area contributed by atoms with Gasteiger partial charge >= 0.3 is 0 Å². The molecule has 1 unspecified atom stereocenters. The average Bonchev–Trinajstić information content (AvgIpc) is 3.29. The van der Waals surface area contributed by atoms with Gasteiger partial charge in [0.1, 0.15) is 5.76 Å². The second-order valence-electron chi connectivity index (χ2n) is 7.14. The first-order valence-electron chi connectivity index (χ1n) is 9.58. The van der Waals surface area contributed by atoms with Gasteiger partial charge in [0.05, 0.1) is 18.8 Å². The number of rotatable bonds is 5. The van der Waals surface area contributed by atoms with Crippen LogP contribution >= 0.6 is 0 Å². The zero-order chi connectivity index (χ0) is 16.8. The van der Waals surface area contributed by atoms with Crippen LogP contribution in [-0.2, 0) is 0 Å². The van der Waals surface area contributed by atoms with E-state index in [1.165, 1.54) is 25.7 Å². The number of furan rings is 1. The zero-order valence-corrected chi connectivity index (χ0v) is 15.2. The number of aliphatic imine (C=N–C) groups is 1. The Bertz CT molecular complexity index is 499. The number of guanidine groups is 1. The van der Waals surface area contributed by atoms with Gasteiger partial charge in [-0.05, 0) is 63.7 Å². The normalized spacial score (nSPS) is 22.1. The Balaban J connectivity index is 1.70. The molecule has 1 N–H and O–H groups in total. The summed E-state index contributed by atoms with van der Waals surface area (Å²) in [7, 11) is 0. The van der Waals surface area contributed by atoms with Crippen molar-refractivity contribution >= 4 is 5.96 Å². The van der Waals surface area contributed by atoms with Gasteiger partial charge in [-0.1, -0.05) is 6.92 Å². The van der Waals surface area contributed by atoms with Crippen molar-refractivity contribution in [2.24, 2.45) is 10.9 Å². The third-order valence-corrected chi connectivity index (χ3v) is 5.29. The minimum Gasteiger partial charge on any atom is -0.468 e. The van der Waals surface area contributed by atoms with Gasteiger partial charge < -0.3 is 14.6 Å². The lowest BCUT2D eigenvalue weighted by atomic mass is 9.99. The van der Waals surface area contributed by atoms with Crippen molar-refractivity contribution < 1.29 is 4.42 Å². The molecule has 5 nitrogen and oxygen atoms in total. The number of hydrogen-bond acceptors (Lipinski definition) is 3. The van der Waals surface area contributed by atoms with E-state index >= 15 is 0 Å². The van der Waals surface area contributed by atoms with Crippen LogP contribution in [0.1, 0.15) is 51.3 Å². The van der Waals surface area contributed by atoms with Gasteiger partial charge in [-0.3, -0.25) is 9.89 Å². The van der Waals surface area contributed by atoms with Crippen LogP contribution in [0, 0.1) is 5.92 Å². The Hall–Kier alpha value is -1.49. The summed E-state index contributed by atoms with van der Waals surface area (Å²) in [6.07, 6.45) is 6.87. The molecule has 0 aliphatic carbocycles. The van der Waals surface area contributed by atoms with Gasteiger partial charge in [0.25, 0.3) is 0 Å². The van der Waals surface area contributed by atoms with Gasteiger partial charge in [-0.2, -0.15) is 0 Å². The van der Waals surface area contributed by atoms with Crippen molar-refractivity contribution in [3.63, 3.8) is 0 Å². The SMILES string of the molecule is CCNC(=NCC(c1ccco1)N1CCCC1)N1CCC(C)CC1. The fourth-order valence-electron chi connectivity index (χ4n) is 3.74. The summed E-state index contributed by atoms with van der Waals surface area (Å²) in [6, 6.07) is 4.34. The highest BCUT2D eigenvalue weighted by Gasteiger charge is 2.26. The van der Waals surface area contributed by atoms with Crippen molar-refractivity contribution in [3.05, 3.63) is 24.2 Å². The van der Waals surface area contributed by atoms with Crippen LogP contribution in [0.25, 0.3) is 0 Å². The molecule has 0 radical (unpaired) electrons. The molecule has 24 heavy (non-hydrogen) atoms. The summed E-state index contributed by atoms with van der Waals surface area (Å²) in [5.74, 6) is 2.95. The van der Waals surface area contributed by atoms with E-state index in [-0.39, 0.29) is 6.04 Å². The predicted molar refractivity (Wildman–Crippen MR) is 98.2 cm³/mol. The van der Waals surface area contributed by atoms with Crippen molar-refractivity contribution in [1.29, 1.82) is 0 Å². The molecule has 1 aromatic rings. The molecule has 2 fully saturated rings. The first kappa shape index (κ1) is 17.3. The second-order valence-corrected chi connectivity index (χ2v) is 7.14. The highest BCUT2D eigenvalue weighted by molar-refractivity contribution is 5.80. The Labute approximate surface area is 146 Å². The maximum Gasteiger partial charge on any atom is 0.193 e. The van der Waals surface area contributed by atoms with Crippen molar-refractivity contribution in [2.45, 2.75) is 45.6 Å². The zero-order valence-electron chi connectivity index (χ0n) is 15.2. The average molecular weight is 332 g/mol. The molecule has 134 valence electrons. The fraction of sp³-hybridized carbons (Fsp3) is 0.737. The van der Waals surface area contributed by atoms with Crippen molar-refractivity contribution in [3.8, 4) is 0 Å². The number of likely N-dealkylation sites (tertiary alicyclic amines) is 2. The molecule has 0 saturated carbocycles. The van der Waals surface area contributed by atoms with Crippen LogP contribution in [0.2, 0.25) is 0 Å². The molecule has 1 aromatic heterocycles. The lowest BCUT2D eigenvalue weighted by Gasteiger charge is -2.33. The van der Waals surface area contributed by atoms with Crippen LogP contribution < -0.4 is 5.32 Å². The van der Waals surface area contributed by atoms with E-state index in [0.29, 0.717) is 0 Å². The van der Waals surface area contributed by atoms with Gasteiger partial charge in [-0.25, -0.2) is 0 Å². The molecule has 1 atom stereocenters. The molecular weight excluding hydrogens is 300 g/mol. The third-order valence-electron chi connectivity index (χ3n) is 5.29. The minimum atomic E-state index is 0.264. The lowest BCUT2D eigenvalue weighted by Crippen LogP contribution is -2.45. The van der Waals surface area contributed by atoms with E-state index < -0.39 is 0 Å². The van der Waals surface area contributed by atoms with Crippen LogP contribution in [-0.4, -0.2) is 55.0 Å². The minimum absolute atomic E-state index is 0.264. The molecule has 5 heteroatoms. The molecular formula is C19H32N4O. The summed E-state index contributed by atoms with van der Waals surface area (Å²) in [5, 5.41) is 3.49. The summed E-state index contributed by atoms with van der Waals surface area (Å²) in [4.78, 5) is 9.93. The largest absolute Gasteiger partial charge is 0.468 e. The standard InChI is InChI=1S/C19H32N4O/c1-3-20-19(23-12-8-16(2)9-13-23)21-15-17(18-7-6-14-24-18)22-10-4-5-11-22/h6-7,14,16-17H,3-5,8-13,15H2,1-2H3,(H,20,21). The summed E-state index contributed by atoms with van der Waals surface area (Å²) in [6.45, 7) is 10.7. The molecule has 3 heterocycles. The number of piperidine rings is 1. The van der Waals surface area contributed by atoms with E-state index in [9.17, 15) is 0 Å². The highest BCUT2D eigenvalue weighted by Crippen LogP contribution is 2.26. The monoisotopic (exact) mass is 332 g/mol. The molecule has 0 bridgehead atoms. The van der Waals surface area contributed by atoms with Crippen LogP contribution in [0.5, 0.6) is 0 Å². The quantitative estimate of drug-likeness (QED) is 0.665. The molecule has 2 saturated heterocycles. The molecule has 0 aromatic carbocycles. The number of hydrogen-bond donors (Lipinski definition) is 1. The lowest BCUT2D eigenvalue weighted by molar-refractivity contribution is 0.219. The van der Waals surface area contributed by atoms with Gasteiger partial charge in [0, 0.05) is 19.6 Å². The molecule has 3 rings (SSSR count). The Morgan fingerprint density at radius 2 is 2.04 bits per heavy atom. The van der Waals surface area contributed by atoms with Gasteiger partial charge in [-0.15, -0.1) is 0 Å². The van der Waals surface area contributed by atoms with E-state index in [2.05, 4.69) is 35.0 Å². The van der Waals surface area contributed by atoms with Crippen LogP contribution in [0.3, 0.4) is 0 Å². The van der Waals surface area contributed by atoms with Crippen LogP contribution in [0.4, 0.5) is 0 Å². The Morgan fingerprint density at radius 1 is 1.29 bits per heavy atom. The first-order chi connectivity index (χ1) is 11.8. The van der Waals surface area contributed by atoms with Gasteiger partial charge in [0.2, 0.25) is 0 Å². The number of nitrogens with one attached hydrogen (secondary N) is 1. The summed E-state index contributed by atoms with van der Waals surface area (Å²) in [5.41, 5.74) is 0. The topological polar surface area (TPSA) is 44.0 Å². The number of nitrogens with zero attached hydrogens (tertiary/aromatic N) is 3. The van der Waals surface area contributed by atoms with E-state index in [4.69, 9.17) is 9.41 Å². The molecule has 0 spiro atoms.